The molecule has 0 spiro atoms. The fourth-order valence-corrected chi connectivity index (χ4v) is 3.40. The molecule has 0 saturated heterocycles. The number of benzene rings is 2. The zero-order valence-corrected chi connectivity index (χ0v) is 14.6. The van der Waals surface area contributed by atoms with Crippen molar-refractivity contribution in [2.24, 2.45) is 11.8 Å². The summed E-state index contributed by atoms with van der Waals surface area (Å²) in [6, 6.07) is 7.35. The highest BCUT2D eigenvalue weighted by Crippen LogP contribution is 2.35. The number of carboxylic acid groups (broad SMARTS) is 2. The summed E-state index contributed by atoms with van der Waals surface area (Å²) in [6.07, 6.45) is 1.39. The predicted molar refractivity (Wildman–Crippen MR) is 96.0 cm³/mol. The largest absolute Gasteiger partial charge is 0.508 e. The Balaban J connectivity index is 2.46. The van der Waals surface area contributed by atoms with Gasteiger partial charge in [-0.2, -0.15) is 0 Å². The van der Waals surface area contributed by atoms with E-state index in [1.54, 1.807) is 13.0 Å². The molecule has 0 heterocycles. The van der Waals surface area contributed by atoms with Crippen LogP contribution >= 0.6 is 0 Å². The maximum atomic E-state index is 12.0. The summed E-state index contributed by atoms with van der Waals surface area (Å²) in [4.78, 5) is 23.8. The van der Waals surface area contributed by atoms with Gasteiger partial charge in [0.1, 0.15) is 5.75 Å². The third-order valence-electron chi connectivity index (χ3n) is 4.73. The summed E-state index contributed by atoms with van der Waals surface area (Å²) in [5.41, 5.74) is 1.17. The van der Waals surface area contributed by atoms with Gasteiger partial charge < -0.3 is 25.2 Å². The number of fused-ring (bicyclic) bond motifs is 1. The molecule has 0 aliphatic heterocycles. The first-order valence-corrected chi connectivity index (χ1v) is 8.13. The number of hydrogen-bond donors (Lipinski definition) is 4. The minimum absolute atomic E-state index is 0.0247. The van der Waals surface area contributed by atoms with Crippen LogP contribution in [0.4, 0.5) is 0 Å². The average molecular weight is 370 g/mol. The number of aryl methyl sites for hydroxylation is 1. The fourth-order valence-electron chi connectivity index (χ4n) is 3.40. The van der Waals surface area contributed by atoms with Crippen molar-refractivity contribution in [2.75, 3.05) is 7.11 Å². The first-order chi connectivity index (χ1) is 12.7. The van der Waals surface area contributed by atoms with E-state index in [0.29, 0.717) is 21.6 Å². The van der Waals surface area contributed by atoms with E-state index < -0.39 is 23.8 Å². The molecule has 0 radical (unpaired) electrons. The number of phenols is 2. The molecule has 1 aliphatic rings. The van der Waals surface area contributed by atoms with Crippen molar-refractivity contribution in [1.29, 1.82) is 0 Å². The maximum Gasteiger partial charge on any atom is 0.312 e. The first-order valence-electron chi connectivity index (χ1n) is 8.13. The van der Waals surface area contributed by atoms with Crippen molar-refractivity contribution in [2.45, 2.75) is 6.92 Å². The topological polar surface area (TPSA) is 124 Å². The SMILES string of the molecule is COc1cc(C2=c3cc(O)c(C)cc3=C[C@@H](C(=O)O)[C@@H]2C(=O)O)ccc1O. The molecule has 2 aromatic rings. The van der Waals surface area contributed by atoms with Crippen molar-refractivity contribution in [3.8, 4) is 17.2 Å². The van der Waals surface area contributed by atoms with Crippen LogP contribution in [0.15, 0.2) is 30.3 Å². The van der Waals surface area contributed by atoms with Gasteiger partial charge in [0.25, 0.3) is 0 Å². The molecule has 27 heavy (non-hydrogen) atoms. The molecular formula is C20H18O7. The van der Waals surface area contributed by atoms with Gasteiger partial charge in [-0.3, -0.25) is 9.59 Å². The van der Waals surface area contributed by atoms with E-state index in [-0.39, 0.29) is 22.8 Å². The molecule has 0 aromatic heterocycles. The molecule has 2 atom stereocenters. The monoisotopic (exact) mass is 370 g/mol. The van der Waals surface area contributed by atoms with Gasteiger partial charge in [-0.05, 0) is 58.3 Å². The van der Waals surface area contributed by atoms with E-state index >= 15 is 0 Å². The summed E-state index contributed by atoms with van der Waals surface area (Å²) in [7, 11) is 1.36. The zero-order chi connectivity index (χ0) is 19.9. The van der Waals surface area contributed by atoms with E-state index in [9.17, 15) is 30.0 Å². The molecule has 7 nitrogen and oxygen atoms in total. The standard InChI is InChI=1S/C20H18O7/c1-9-5-11-6-13(19(23)24)18(20(25)26)17(12(11)8-15(9)22)10-3-4-14(21)16(7-10)27-2/h3-8,13,18,21-22H,1-2H3,(H,23,24)(H,25,26)/t13-,18+/m1/s1. The van der Waals surface area contributed by atoms with Crippen LogP contribution in [0, 0.1) is 18.8 Å². The van der Waals surface area contributed by atoms with Crippen molar-refractivity contribution >= 4 is 23.6 Å². The quantitative estimate of drug-likeness (QED) is 0.628. The van der Waals surface area contributed by atoms with Gasteiger partial charge in [0.05, 0.1) is 18.9 Å². The first kappa shape index (κ1) is 18.3. The highest BCUT2D eigenvalue weighted by molar-refractivity contribution is 5.96. The molecule has 0 unspecified atom stereocenters. The summed E-state index contributed by atoms with van der Waals surface area (Å²) >= 11 is 0. The normalized spacial score (nSPS) is 18.4. The lowest BCUT2D eigenvalue weighted by Crippen LogP contribution is -2.42. The molecule has 1 aliphatic carbocycles. The third kappa shape index (κ3) is 3.08. The lowest BCUT2D eigenvalue weighted by atomic mass is 9.77. The van der Waals surface area contributed by atoms with Gasteiger partial charge in [0, 0.05) is 0 Å². The number of aromatic hydroxyl groups is 2. The summed E-state index contributed by atoms with van der Waals surface area (Å²) in [6.45, 7) is 1.67. The van der Waals surface area contributed by atoms with E-state index in [1.165, 1.54) is 37.5 Å². The van der Waals surface area contributed by atoms with Crippen LogP contribution in [0.1, 0.15) is 11.1 Å². The van der Waals surface area contributed by atoms with Crippen molar-refractivity contribution < 1.29 is 34.8 Å². The summed E-state index contributed by atoms with van der Waals surface area (Å²) in [5, 5.41) is 40.3. The van der Waals surface area contributed by atoms with E-state index in [1.807, 2.05) is 0 Å². The third-order valence-corrected chi connectivity index (χ3v) is 4.73. The summed E-state index contributed by atoms with van der Waals surface area (Å²) < 4.78 is 5.09. The highest BCUT2D eigenvalue weighted by atomic mass is 16.5. The van der Waals surface area contributed by atoms with E-state index in [4.69, 9.17) is 4.74 Å². The Labute approximate surface area is 154 Å². The predicted octanol–water partition coefficient (Wildman–Crippen LogP) is 0.810. The average Bonchev–Trinajstić information content (AvgIpc) is 2.61. The Bertz CT molecular complexity index is 1070. The Hall–Kier alpha value is -3.48. The molecule has 0 saturated carbocycles. The van der Waals surface area contributed by atoms with Gasteiger partial charge in [-0.15, -0.1) is 0 Å². The number of rotatable bonds is 4. The minimum atomic E-state index is -1.37. The fraction of sp³-hybridized carbons (Fsp3) is 0.200. The second-order valence-corrected chi connectivity index (χ2v) is 6.37. The van der Waals surface area contributed by atoms with Crippen molar-refractivity contribution in [3.05, 3.63) is 51.9 Å². The number of carboxylic acids is 2. The van der Waals surface area contributed by atoms with Crippen LogP contribution in [0.25, 0.3) is 11.6 Å². The molecule has 2 aromatic carbocycles. The molecule has 3 rings (SSSR count). The number of carbonyl (C=O) groups is 2. The van der Waals surface area contributed by atoms with Crippen LogP contribution in [0.5, 0.6) is 17.2 Å². The molecular weight excluding hydrogens is 352 g/mol. The molecule has 7 heteroatoms. The lowest BCUT2D eigenvalue weighted by Gasteiger charge is -2.25. The van der Waals surface area contributed by atoms with Gasteiger partial charge in [-0.1, -0.05) is 12.1 Å². The molecule has 0 fully saturated rings. The van der Waals surface area contributed by atoms with Crippen LogP contribution < -0.4 is 15.2 Å². The summed E-state index contributed by atoms with van der Waals surface area (Å²) in [5.74, 6) is -5.24. The second-order valence-electron chi connectivity index (χ2n) is 6.37. The van der Waals surface area contributed by atoms with Crippen LogP contribution in [0.3, 0.4) is 0 Å². The van der Waals surface area contributed by atoms with Gasteiger partial charge in [0.2, 0.25) is 0 Å². The number of hydrogen-bond acceptors (Lipinski definition) is 5. The van der Waals surface area contributed by atoms with Crippen LogP contribution in [0.2, 0.25) is 0 Å². The number of phenolic OH excluding ortho intramolecular Hbond substituents is 2. The highest BCUT2D eigenvalue weighted by Gasteiger charge is 2.38. The molecule has 140 valence electrons. The van der Waals surface area contributed by atoms with Crippen LogP contribution in [-0.4, -0.2) is 39.5 Å². The number of ether oxygens (including phenoxy) is 1. The Morgan fingerprint density at radius 1 is 1.00 bits per heavy atom. The maximum absolute atomic E-state index is 12.0. The Morgan fingerprint density at radius 2 is 1.70 bits per heavy atom. The van der Waals surface area contributed by atoms with Gasteiger partial charge in [-0.25, -0.2) is 0 Å². The lowest BCUT2D eigenvalue weighted by molar-refractivity contribution is -0.149. The molecule has 0 bridgehead atoms. The molecule has 4 N–H and O–H groups in total. The van der Waals surface area contributed by atoms with Crippen LogP contribution in [-0.2, 0) is 9.59 Å². The minimum Gasteiger partial charge on any atom is -0.508 e. The van der Waals surface area contributed by atoms with Crippen molar-refractivity contribution in [1.82, 2.24) is 0 Å². The van der Waals surface area contributed by atoms with Crippen molar-refractivity contribution in [3.63, 3.8) is 0 Å². The smallest absolute Gasteiger partial charge is 0.312 e. The Kier molecular flexibility index (Phi) is 4.53. The zero-order valence-electron chi connectivity index (χ0n) is 14.6. The van der Waals surface area contributed by atoms with E-state index in [2.05, 4.69) is 0 Å². The van der Waals surface area contributed by atoms with Gasteiger partial charge in [0.15, 0.2) is 11.5 Å². The number of methoxy groups -OCH3 is 1. The molecule has 0 amide bonds. The second kappa shape index (κ2) is 6.68. The Morgan fingerprint density at radius 3 is 2.30 bits per heavy atom. The number of aliphatic carboxylic acids is 2. The van der Waals surface area contributed by atoms with Gasteiger partial charge >= 0.3 is 11.9 Å². The van der Waals surface area contributed by atoms with E-state index in [0.717, 1.165) is 0 Å².